The Morgan fingerprint density at radius 2 is 1.39 bits per heavy atom. The molecule has 0 saturated carbocycles. The van der Waals surface area contributed by atoms with Gasteiger partial charge in [0.2, 0.25) is 65.0 Å². The van der Waals surface area contributed by atoms with Crippen LogP contribution in [0, 0.1) is 0 Å². The van der Waals surface area contributed by atoms with Crippen LogP contribution in [-0.4, -0.2) is 172 Å². The van der Waals surface area contributed by atoms with E-state index in [0.717, 1.165) is 21.6 Å². The Morgan fingerprint density at radius 3 is 2.04 bits per heavy atom. The average molecular weight is 1140 g/mol. The molecule has 0 aromatic heterocycles. The van der Waals surface area contributed by atoms with Gasteiger partial charge in [-0.25, -0.2) is 0 Å². The molecular weight excluding hydrogens is 1070 g/mol. The number of benzene rings is 2. The first-order valence-electron chi connectivity index (χ1n) is 25.1. The van der Waals surface area contributed by atoms with Gasteiger partial charge < -0.3 is 80.2 Å². The highest BCUT2D eigenvalue weighted by Gasteiger charge is 2.40. The summed E-state index contributed by atoms with van der Waals surface area (Å²) in [7, 11) is 2.12. The SMILES string of the molecule is CC(=O)NCNC(=O)CC[C@@H]1NC(=O)[C@H](Cc2ccccc2)NC(=O)[C@H](Cc2ccc(O)cc2)NC(=O)CCSSC[C@@H](C(=O)N2CCC[C@H]2C(=O)N[C@H](CCCN=C(N)N)C(=O)NCC(N)=O)NC(=O)[C@H](CC(=O)O)NC1=O. The summed E-state index contributed by atoms with van der Waals surface area (Å²) in [6, 6.07) is 3.89. The number of rotatable bonds is 21. The van der Waals surface area contributed by atoms with Gasteiger partial charge in [0.15, 0.2) is 5.96 Å². The van der Waals surface area contributed by atoms with E-state index in [1.54, 1.807) is 30.3 Å². The van der Waals surface area contributed by atoms with Crippen LogP contribution in [0.1, 0.15) is 69.4 Å². The third kappa shape index (κ3) is 22.8. The van der Waals surface area contributed by atoms with E-state index in [2.05, 4.69) is 52.8 Å². The molecule has 7 atom stereocenters. The molecule has 0 radical (unpaired) electrons. The second-order valence-corrected chi connectivity index (χ2v) is 20.9. The number of nitrogens with two attached hydrogens (primary N) is 3. The van der Waals surface area contributed by atoms with Gasteiger partial charge in [-0.1, -0.05) is 64.1 Å². The van der Waals surface area contributed by atoms with Crippen LogP contribution in [0.5, 0.6) is 5.75 Å². The maximum atomic E-state index is 14.6. The molecule has 28 nitrogen and oxygen atoms in total. The minimum atomic E-state index is -1.93. The molecule has 2 heterocycles. The van der Waals surface area contributed by atoms with Crippen LogP contribution in [-0.2, 0) is 70.4 Å². The van der Waals surface area contributed by atoms with Crippen LogP contribution >= 0.6 is 21.6 Å². The number of carboxylic acids is 1. The minimum absolute atomic E-state index is 0.00802. The molecule has 11 amide bonds. The highest BCUT2D eigenvalue weighted by atomic mass is 33.1. The average Bonchev–Trinajstić information content (AvgIpc) is 3.94. The number of guanidine groups is 1. The van der Waals surface area contributed by atoms with Crippen LogP contribution in [0.25, 0.3) is 0 Å². The summed E-state index contributed by atoms with van der Waals surface area (Å²) in [6.07, 6.45) is -1.88. The van der Waals surface area contributed by atoms with Gasteiger partial charge in [-0.2, -0.15) is 0 Å². The lowest BCUT2D eigenvalue weighted by atomic mass is 10.0. The molecule has 30 heteroatoms. The van der Waals surface area contributed by atoms with Crippen molar-refractivity contribution in [2.45, 2.75) is 113 Å². The van der Waals surface area contributed by atoms with Gasteiger partial charge in [-0.05, 0) is 55.4 Å². The number of aliphatic carboxylic acids is 1. The van der Waals surface area contributed by atoms with Crippen LogP contribution in [0.3, 0.4) is 0 Å². The molecule has 2 fully saturated rings. The quantitative estimate of drug-likeness (QED) is 0.0186. The van der Waals surface area contributed by atoms with Gasteiger partial charge in [0.05, 0.1) is 19.6 Å². The van der Waals surface area contributed by atoms with Gasteiger partial charge in [0.25, 0.3) is 0 Å². The second-order valence-electron chi connectivity index (χ2n) is 18.3. The Balaban J connectivity index is 1.72. The Morgan fingerprint density at radius 1 is 0.772 bits per heavy atom. The van der Waals surface area contributed by atoms with E-state index < -0.39 is 139 Å². The number of nitrogens with one attached hydrogen (secondary N) is 9. The van der Waals surface area contributed by atoms with E-state index in [-0.39, 0.29) is 81.5 Å². The van der Waals surface area contributed by atoms with E-state index >= 15 is 0 Å². The zero-order valence-corrected chi connectivity index (χ0v) is 44.9. The van der Waals surface area contributed by atoms with Gasteiger partial charge in [-0.3, -0.25) is 62.5 Å². The first kappa shape index (κ1) is 63.4. The summed E-state index contributed by atoms with van der Waals surface area (Å²) in [5.74, 6) is -11.1. The molecule has 2 aromatic carbocycles. The molecule has 17 N–H and O–H groups in total. The Labute approximate surface area is 462 Å². The number of carbonyl (C=O) groups excluding carboxylic acids is 11. The summed E-state index contributed by atoms with van der Waals surface area (Å²) in [6.45, 7) is 0.454. The monoisotopic (exact) mass is 1140 g/mol. The zero-order valence-electron chi connectivity index (χ0n) is 43.3. The highest BCUT2D eigenvalue weighted by molar-refractivity contribution is 8.76. The Kier molecular flexibility index (Phi) is 26.1. The first-order valence-corrected chi connectivity index (χ1v) is 27.6. The second kappa shape index (κ2) is 32.6. The summed E-state index contributed by atoms with van der Waals surface area (Å²) >= 11 is 0. The molecule has 2 aliphatic rings. The minimum Gasteiger partial charge on any atom is -0.508 e. The van der Waals surface area contributed by atoms with Crippen molar-refractivity contribution in [2.75, 3.05) is 37.8 Å². The van der Waals surface area contributed by atoms with Crippen LogP contribution in [0.15, 0.2) is 59.6 Å². The normalized spacial score (nSPS) is 21.0. The zero-order chi connectivity index (χ0) is 58.0. The summed E-state index contributed by atoms with van der Waals surface area (Å²) < 4.78 is 0. The molecule has 4 rings (SSSR count). The van der Waals surface area contributed by atoms with Gasteiger partial charge in [0.1, 0.15) is 48.0 Å². The number of aromatic hydroxyl groups is 1. The lowest BCUT2D eigenvalue weighted by molar-refractivity contribution is -0.143. The molecule has 2 aliphatic heterocycles. The van der Waals surface area contributed by atoms with Crippen molar-refractivity contribution in [1.29, 1.82) is 0 Å². The van der Waals surface area contributed by atoms with Gasteiger partial charge in [-0.15, -0.1) is 0 Å². The molecule has 0 aliphatic carbocycles. The van der Waals surface area contributed by atoms with E-state index in [0.29, 0.717) is 17.5 Å². The summed E-state index contributed by atoms with van der Waals surface area (Å²) in [4.78, 5) is 166. The number of primary amides is 1. The van der Waals surface area contributed by atoms with Crippen LogP contribution in [0.2, 0.25) is 0 Å². The fourth-order valence-corrected chi connectivity index (χ4v) is 10.2. The molecule has 2 saturated heterocycles. The van der Waals surface area contributed by atoms with Crippen molar-refractivity contribution < 1.29 is 67.7 Å². The number of phenolic OH excluding ortho intramolecular Hbond substituents is 1. The molecule has 79 heavy (non-hydrogen) atoms. The lowest BCUT2D eigenvalue weighted by Gasteiger charge is -2.30. The molecule has 2 aromatic rings. The van der Waals surface area contributed by atoms with Crippen molar-refractivity contribution >= 4 is 98.5 Å². The van der Waals surface area contributed by atoms with Crippen molar-refractivity contribution in [3.05, 3.63) is 65.7 Å². The van der Waals surface area contributed by atoms with Crippen LogP contribution < -0.4 is 65.1 Å². The van der Waals surface area contributed by atoms with Gasteiger partial charge in [0, 0.05) is 57.2 Å². The van der Waals surface area contributed by atoms with Gasteiger partial charge >= 0.3 is 5.97 Å². The number of carboxylic acid groups (broad SMARTS) is 1. The van der Waals surface area contributed by atoms with E-state index in [4.69, 9.17) is 17.2 Å². The number of amides is 11. The Bertz CT molecular complexity index is 2540. The van der Waals surface area contributed by atoms with Crippen molar-refractivity contribution in [1.82, 2.24) is 52.8 Å². The number of phenols is 1. The molecule has 0 unspecified atom stereocenters. The number of hydrogen-bond acceptors (Lipinski definition) is 16. The van der Waals surface area contributed by atoms with Crippen molar-refractivity contribution in [3.63, 3.8) is 0 Å². The molecule has 0 spiro atoms. The number of aliphatic imine (C=N–C) groups is 1. The number of hydrogen-bond donors (Lipinski definition) is 14. The predicted octanol–water partition coefficient (Wildman–Crippen LogP) is -4.02. The smallest absolute Gasteiger partial charge is 0.305 e. The third-order valence-corrected chi connectivity index (χ3v) is 14.5. The van der Waals surface area contributed by atoms with E-state index in [9.17, 15) is 67.7 Å². The number of carbonyl (C=O) groups is 12. The van der Waals surface area contributed by atoms with Crippen molar-refractivity contribution in [3.8, 4) is 5.75 Å². The third-order valence-electron chi connectivity index (χ3n) is 12.1. The lowest BCUT2D eigenvalue weighted by Crippen LogP contribution is -2.61. The fraction of sp³-hybridized carbons (Fsp3) is 0.490. The molecule has 430 valence electrons. The number of nitrogens with zero attached hydrogens (tertiary/aromatic N) is 2. The van der Waals surface area contributed by atoms with E-state index in [1.165, 1.54) is 36.1 Å². The topological polar surface area (TPSA) is 447 Å². The summed E-state index contributed by atoms with van der Waals surface area (Å²) in [5.41, 5.74) is 17.1. The maximum absolute atomic E-state index is 14.6. The molecule has 0 bridgehead atoms. The largest absolute Gasteiger partial charge is 0.508 e. The summed E-state index contributed by atoms with van der Waals surface area (Å²) in [5, 5.41) is 42.5. The fourth-order valence-electron chi connectivity index (χ4n) is 8.10. The standard InChI is InChI=1S/C49H68N14O14S2/c1-27(64)55-26-56-39(67)16-15-32-43(72)61-35(23-41(69)70)46(75)62-36(48(77)63-19-6-10-37(63)47(76)59-31(9-5-18-53-49(51)52)42(71)54-24-38(50)66)25-79-78-20-17-40(68)57-33(22-29-11-13-30(65)14-12-29)44(73)60-34(45(74)58-32)21-28-7-3-2-4-8-28/h2-4,7-8,11-14,31-37,65H,5-6,9-10,15-26H2,1H3,(H2,50,66)(H,54,71)(H,55,64)(H,56,67)(H,57,68)(H,58,74)(H,59,76)(H,60,73)(H,61,72)(H,62,75)(H,69,70)(H4,51,52,53)/t31-,32+,33+,34+,35+,36+,37+/m1/s1. The highest BCUT2D eigenvalue weighted by Crippen LogP contribution is 2.26. The number of likely N-dealkylation sites (tertiary alicyclic amines) is 1. The predicted molar refractivity (Wildman–Crippen MR) is 288 cm³/mol. The first-order chi connectivity index (χ1) is 37.6. The van der Waals surface area contributed by atoms with E-state index in [1.807, 2.05) is 0 Å². The van der Waals surface area contributed by atoms with Crippen molar-refractivity contribution in [2.24, 2.45) is 22.2 Å². The van der Waals surface area contributed by atoms with Crippen LogP contribution in [0.4, 0.5) is 0 Å². The maximum Gasteiger partial charge on any atom is 0.305 e. The molecular formula is C49H68N14O14S2. The Hall–Kier alpha value is -8.15.